The Bertz CT molecular complexity index is 344. The molecule has 4 nitrogen and oxygen atoms in total. The molecule has 16 heavy (non-hydrogen) atoms. The zero-order valence-electron chi connectivity index (χ0n) is 9.67. The van der Waals surface area contributed by atoms with Gasteiger partial charge in [-0.05, 0) is 32.5 Å². The molecule has 0 unspecified atom stereocenters. The minimum atomic E-state index is 0.198. The second-order valence-corrected chi connectivity index (χ2v) is 4.58. The van der Waals surface area contributed by atoms with Crippen LogP contribution in [0.5, 0.6) is 0 Å². The molecule has 1 rings (SSSR count). The highest BCUT2D eigenvalue weighted by atomic mass is 35.5. The van der Waals surface area contributed by atoms with Crippen molar-refractivity contribution >= 4 is 29.0 Å². The summed E-state index contributed by atoms with van der Waals surface area (Å²) in [4.78, 5) is 10.0. The average molecular weight is 263 g/mol. The van der Waals surface area contributed by atoms with E-state index < -0.39 is 0 Å². The Morgan fingerprint density at radius 1 is 1.44 bits per heavy atom. The Hall–Kier alpha value is -0.580. The Labute approximate surface area is 106 Å². The molecular weight excluding hydrogens is 247 g/mol. The van der Waals surface area contributed by atoms with Crippen LogP contribution in [0.4, 0.5) is 5.82 Å². The van der Waals surface area contributed by atoms with E-state index in [9.17, 15) is 0 Å². The van der Waals surface area contributed by atoms with Crippen molar-refractivity contribution in [1.29, 1.82) is 0 Å². The van der Waals surface area contributed by atoms with Crippen LogP contribution in [0.25, 0.3) is 0 Å². The predicted molar refractivity (Wildman–Crippen MR) is 68.3 cm³/mol. The largest absolute Gasteiger partial charge is 0.367 e. The molecule has 0 atom stereocenters. The fourth-order valence-corrected chi connectivity index (χ4v) is 1.37. The summed E-state index contributed by atoms with van der Waals surface area (Å²) in [5.74, 6) is 0.582. The van der Waals surface area contributed by atoms with Crippen LogP contribution in [0.15, 0.2) is 6.20 Å². The molecule has 6 heteroatoms. The Morgan fingerprint density at radius 3 is 2.75 bits per heavy atom. The van der Waals surface area contributed by atoms with E-state index in [0.29, 0.717) is 16.9 Å². The van der Waals surface area contributed by atoms with E-state index in [-0.39, 0.29) is 5.28 Å². The summed E-state index contributed by atoms with van der Waals surface area (Å²) in [7, 11) is 2.07. The maximum absolute atomic E-state index is 5.91. The lowest BCUT2D eigenvalue weighted by Crippen LogP contribution is -2.31. The molecule has 0 saturated heterocycles. The van der Waals surface area contributed by atoms with Crippen molar-refractivity contribution in [3.05, 3.63) is 16.5 Å². The molecule has 1 heterocycles. The monoisotopic (exact) mass is 262 g/mol. The van der Waals surface area contributed by atoms with Crippen molar-refractivity contribution in [1.82, 2.24) is 14.9 Å². The van der Waals surface area contributed by atoms with E-state index in [4.69, 9.17) is 23.2 Å². The normalized spacial score (nSPS) is 11.2. The number of likely N-dealkylation sites (N-methyl/N-ethyl adjacent to an activating group) is 1. The number of hydrogen-bond donors (Lipinski definition) is 1. The summed E-state index contributed by atoms with van der Waals surface area (Å²) in [6, 6.07) is 0.520. The van der Waals surface area contributed by atoms with Gasteiger partial charge in [0.1, 0.15) is 10.8 Å². The summed E-state index contributed by atoms with van der Waals surface area (Å²) >= 11 is 11.6. The number of halogens is 2. The van der Waals surface area contributed by atoms with Gasteiger partial charge in [-0.3, -0.25) is 0 Å². The zero-order valence-corrected chi connectivity index (χ0v) is 11.2. The number of nitrogens with zero attached hydrogens (tertiary/aromatic N) is 3. The minimum Gasteiger partial charge on any atom is -0.367 e. The number of rotatable bonds is 5. The minimum absolute atomic E-state index is 0.198. The van der Waals surface area contributed by atoms with Crippen molar-refractivity contribution in [3.63, 3.8) is 0 Å². The van der Waals surface area contributed by atoms with E-state index in [1.807, 2.05) is 0 Å². The van der Waals surface area contributed by atoms with Gasteiger partial charge in [-0.15, -0.1) is 0 Å². The lowest BCUT2D eigenvalue weighted by Gasteiger charge is -2.21. The van der Waals surface area contributed by atoms with Crippen molar-refractivity contribution in [2.24, 2.45) is 0 Å². The van der Waals surface area contributed by atoms with Gasteiger partial charge < -0.3 is 10.2 Å². The molecular formula is C10H16Cl2N4. The van der Waals surface area contributed by atoms with Crippen LogP contribution in [0.3, 0.4) is 0 Å². The first-order valence-electron chi connectivity index (χ1n) is 5.13. The van der Waals surface area contributed by atoms with E-state index in [2.05, 4.69) is 41.1 Å². The summed E-state index contributed by atoms with van der Waals surface area (Å²) in [5.41, 5.74) is 0. The Morgan fingerprint density at radius 2 is 2.12 bits per heavy atom. The second-order valence-electron chi connectivity index (χ2n) is 3.84. The van der Waals surface area contributed by atoms with Crippen LogP contribution in [0, 0.1) is 0 Å². The Balaban J connectivity index is 2.45. The molecule has 0 radical (unpaired) electrons. The molecule has 90 valence electrons. The van der Waals surface area contributed by atoms with Gasteiger partial charge in [0.15, 0.2) is 0 Å². The molecule has 0 amide bonds. The lowest BCUT2D eigenvalue weighted by molar-refractivity contribution is 0.284. The van der Waals surface area contributed by atoms with Crippen molar-refractivity contribution in [2.75, 3.05) is 25.5 Å². The average Bonchev–Trinajstić information content (AvgIpc) is 2.22. The van der Waals surface area contributed by atoms with E-state index in [1.165, 1.54) is 6.20 Å². The van der Waals surface area contributed by atoms with Gasteiger partial charge in [-0.2, -0.15) is 4.98 Å². The van der Waals surface area contributed by atoms with Gasteiger partial charge >= 0.3 is 0 Å². The third-order valence-electron chi connectivity index (χ3n) is 2.35. The fraction of sp³-hybridized carbons (Fsp3) is 0.600. The van der Waals surface area contributed by atoms with Gasteiger partial charge in [-0.1, -0.05) is 11.6 Å². The van der Waals surface area contributed by atoms with Crippen LogP contribution >= 0.6 is 23.2 Å². The van der Waals surface area contributed by atoms with Crippen LogP contribution in [-0.4, -0.2) is 41.0 Å². The fourth-order valence-electron chi connectivity index (χ4n) is 1.08. The van der Waals surface area contributed by atoms with Crippen LogP contribution in [-0.2, 0) is 0 Å². The molecule has 0 aliphatic heterocycles. The standard InChI is InChI=1S/C10H16Cl2N4/c1-7(2)16(3)5-4-13-9-8(11)6-14-10(12)15-9/h6-7H,4-5H2,1-3H3,(H,13,14,15). The number of aromatic nitrogens is 2. The number of anilines is 1. The molecule has 0 spiro atoms. The number of nitrogens with one attached hydrogen (secondary N) is 1. The van der Waals surface area contributed by atoms with E-state index >= 15 is 0 Å². The quantitative estimate of drug-likeness (QED) is 0.829. The van der Waals surface area contributed by atoms with Gasteiger partial charge in [0.2, 0.25) is 5.28 Å². The van der Waals surface area contributed by atoms with Crippen molar-refractivity contribution in [2.45, 2.75) is 19.9 Å². The van der Waals surface area contributed by atoms with Crippen molar-refractivity contribution in [3.8, 4) is 0 Å². The molecule has 1 aromatic heterocycles. The third kappa shape index (κ3) is 4.12. The summed E-state index contributed by atoms with van der Waals surface area (Å²) in [5, 5.41) is 3.81. The molecule has 1 N–H and O–H groups in total. The predicted octanol–water partition coefficient (Wildman–Crippen LogP) is 2.54. The molecule has 0 saturated carbocycles. The molecule has 0 bridgehead atoms. The summed E-state index contributed by atoms with van der Waals surface area (Å²) in [6.45, 7) is 5.97. The van der Waals surface area contributed by atoms with Crippen LogP contribution in [0.2, 0.25) is 10.3 Å². The molecule has 0 fully saturated rings. The van der Waals surface area contributed by atoms with Gasteiger partial charge in [-0.25, -0.2) is 4.98 Å². The van der Waals surface area contributed by atoms with E-state index in [0.717, 1.165) is 13.1 Å². The van der Waals surface area contributed by atoms with Gasteiger partial charge in [0, 0.05) is 19.1 Å². The van der Waals surface area contributed by atoms with Gasteiger partial charge in [0.25, 0.3) is 0 Å². The second kappa shape index (κ2) is 6.23. The molecule has 0 aliphatic carbocycles. The van der Waals surface area contributed by atoms with Crippen LogP contribution < -0.4 is 5.32 Å². The van der Waals surface area contributed by atoms with E-state index in [1.54, 1.807) is 0 Å². The summed E-state index contributed by atoms with van der Waals surface area (Å²) < 4.78 is 0. The maximum atomic E-state index is 5.91. The lowest BCUT2D eigenvalue weighted by atomic mass is 10.3. The highest BCUT2D eigenvalue weighted by Crippen LogP contribution is 2.18. The van der Waals surface area contributed by atoms with Gasteiger partial charge in [0.05, 0.1) is 6.20 Å². The smallest absolute Gasteiger partial charge is 0.224 e. The first kappa shape index (κ1) is 13.5. The molecule has 0 aliphatic rings. The SMILES string of the molecule is CC(C)N(C)CCNc1nc(Cl)ncc1Cl. The first-order valence-corrected chi connectivity index (χ1v) is 5.88. The highest BCUT2D eigenvalue weighted by molar-refractivity contribution is 6.33. The van der Waals surface area contributed by atoms with Crippen molar-refractivity contribution < 1.29 is 0 Å². The topological polar surface area (TPSA) is 41.0 Å². The van der Waals surface area contributed by atoms with Crippen LogP contribution in [0.1, 0.15) is 13.8 Å². The third-order valence-corrected chi connectivity index (χ3v) is 2.81. The number of hydrogen-bond acceptors (Lipinski definition) is 4. The molecule has 0 aromatic carbocycles. The zero-order chi connectivity index (χ0) is 12.1. The molecule has 1 aromatic rings. The Kier molecular flexibility index (Phi) is 5.25. The summed E-state index contributed by atoms with van der Waals surface area (Å²) in [6.07, 6.45) is 1.49. The first-order chi connectivity index (χ1) is 7.50. The highest BCUT2D eigenvalue weighted by Gasteiger charge is 2.05. The maximum Gasteiger partial charge on any atom is 0.224 e.